The zero-order valence-corrected chi connectivity index (χ0v) is 18.6. The fourth-order valence-electron chi connectivity index (χ4n) is 3.30. The molecule has 8 heteroatoms. The van der Waals surface area contributed by atoms with Crippen LogP contribution in [0.15, 0.2) is 66.9 Å². The normalized spacial score (nSPS) is 18.4. The molecule has 1 aliphatic rings. The van der Waals surface area contributed by atoms with Crippen molar-refractivity contribution >= 4 is 17.5 Å². The molecule has 2 N–H and O–H groups in total. The number of nitrogens with one attached hydrogen (secondary N) is 1. The molecule has 178 valence electrons. The van der Waals surface area contributed by atoms with Crippen molar-refractivity contribution in [3.63, 3.8) is 0 Å². The van der Waals surface area contributed by atoms with Gasteiger partial charge >= 0.3 is 0 Å². The number of aromatic nitrogens is 1. The summed E-state index contributed by atoms with van der Waals surface area (Å²) in [7, 11) is 1.44. The first-order valence-corrected chi connectivity index (χ1v) is 10.5. The summed E-state index contributed by atoms with van der Waals surface area (Å²) in [5, 5.41) is 13.0. The summed E-state index contributed by atoms with van der Waals surface area (Å²) < 4.78 is 56.2. The number of rotatable bonds is 4. The lowest BCUT2D eigenvalue weighted by molar-refractivity contribution is -0.120. The van der Waals surface area contributed by atoms with Gasteiger partial charge < -0.3 is 24.8 Å². The van der Waals surface area contributed by atoms with Crippen molar-refractivity contribution in [2.24, 2.45) is 0 Å². The maximum atomic E-state index is 13.2. The van der Waals surface area contributed by atoms with E-state index in [4.69, 9.17) is 17.7 Å². The smallest absolute Gasteiger partial charge is 0.270 e. The number of ether oxygens (including phenoxy) is 2. The number of pyridine rings is 1. The largest absolute Gasteiger partial charge is 0.489 e. The van der Waals surface area contributed by atoms with Crippen LogP contribution in [0.25, 0.3) is 0 Å². The topological polar surface area (TPSA) is 101 Å². The summed E-state index contributed by atoms with van der Waals surface area (Å²) in [4.78, 5) is 31.5. The lowest BCUT2D eigenvalue weighted by Gasteiger charge is -2.20. The van der Waals surface area contributed by atoms with Crippen molar-refractivity contribution < 1.29 is 32.4 Å². The minimum Gasteiger partial charge on any atom is -0.489 e. The molecule has 0 unspecified atom stereocenters. The number of anilines is 1. The van der Waals surface area contributed by atoms with Gasteiger partial charge in [-0.2, -0.15) is 0 Å². The molecule has 1 aliphatic heterocycles. The summed E-state index contributed by atoms with van der Waals surface area (Å²) >= 11 is 0. The van der Waals surface area contributed by atoms with Gasteiger partial charge in [-0.1, -0.05) is 30.0 Å². The van der Waals surface area contributed by atoms with E-state index in [1.165, 1.54) is 42.4 Å². The number of nitrogens with zero attached hydrogens (tertiary/aromatic N) is 2. The van der Waals surface area contributed by atoms with E-state index in [9.17, 15) is 14.7 Å². The Morgan fingerprint density at radius 2 is 2.03 bits per heavy atom. The van der Waals surface area contributed by atoms with Crippen molar-refractivity contribution in [1.29, 1.82) is 0 Å². The molecule has 0 bridgehead atoms. The predicted molar refractivity (Wildman–Crippen MR) is 131 cm³/mol. The molecule has 0 radical (unpaired) electrons. The highest BCUT2D eigenvalue weighted by atomic mass is 16.5. The van der Waals surface area contributed by atoms with Gasteiger partial charge in [0.2, 0.25) is 0 Å². The van der Waals surface area contributed by atoms with Gasteiger partial charge in [-0.25, -0.2) is 0 Å². The van der Waals surface area contributed by atoms with E-state index in [1.54, 1.807) is 30.3 Å². The van der Waals surface area contributed by atoms with E-state index in [0.29, 0.717) is 11.5 Å². The molecule has 1 atom stereocenters. The summed E-state index contributed by atoms with van der Waals surface area (Å²) in [5.74, 6) is 4.42. The van der Waals surface area contributed by atoms with Crippen LogP contribution in [0.1, 0.15) is 38.0 Å². The molecule has 4 rings (SSSR count). The van der Waals surface area contributed by atoms with E-state index in [2.05, 4.69) is 16.2 Å². The molecule has 0 spiro atoms. The number of carbonyl (C=O) groups is 2. The maximum absolute atomic E-state index is 13.2. The lowest BCUT2D eigenvalue weighted by Crippen LogP contribution is -2.49. The molecule has 8 nitrogen and oxygen atoms in total. The number of fused-ring (bicyclic) bond motifs is 1. The minimum atomic E-state index is -3.31. The molecule has 0 saturated carbocycles. The molecule has 1 aromatic heterocycles. The zero-order valence-electron chi connectivity index (χ0n) is 24.6. The van der Waals surface area contributed by atoms with Gasteiger partial charge in [0, 0.05) is 33.1 Å². The van der Waals surface area contributed by atoms with E-state index >= 15 is 0 Å². The molecule has 2 heterocycles. The Kier molecular flexibility index (Phi) is 4.83. The van der Waals surface area contributed by atoms with Gasteiger partial charge in [-0.15, -0.1) is 0 Å². The Bertz CT molecular complexity index is 1500. The monoisotopic (exact) mass is 477 g/mol. The number of amides is 2. The van der Waals surface area contributed by atoms with E-state index in [-0.39, 0.29) is 29.3 Å². The second-order valence-corrected chi connectivity index (χ2v) is 7.67. The van der Waals surface area contributed by atoms with Crippen molar-refractivity contribution in [2.45, 2.75) is 25.3 Å². The number of aliphatic hydroxyl groups is 1. The standard InChI is InChI=1S/C27H25N3O5/c1-27(2,33)13-11-18-9-10-24-23(15-18)30(3)26(32)22(17-34-24)29-25(31)21-16-20(12-14-28-21)35-19-7-5-4-6-8-19/h4-10,12,14-16,22,33H,17H2,1-3H3,(H,29,31)/t22-/m0/s1/i1D3,2D3. The molecule has 35 heavy (non-hydrogen) atoms. The summed E-state index contributed by atoms with van der Waals surface area (Å²) in [6, 6.07) is 15.2. The molecule has 2 amide bonds. The van der Waals surface area contributed by atoms with Crippen LogP contribution < -0.4 is 19.7 Å². The van der Waals surface area contributed by atoms with E-state index in [1.807, 2.05) is 12.0 Å². The fraction of sp³-hybridized carbons (Fsp3) is 0.222. The first kappa shape index (κ1) is 17.1. The average Bonchev–Trinajstić information content (AvgIpc) is 3.03. The van der Waals surface area contributed by atoms with Crippen molar-refractivity contribution in [1.82, 2.24) is 10.3 Å². The third-order valence-electron chi connectivity index (χ3n) is 4.99. The Balaban J connectivity index is 1.52. The van der Waals surface area contributed by atoms with Crippen molar-refractivity contribution in [3.05, 3.63) is 78.1 Å². The molecule has 0 aliphatic carbocycles. The molecule has 2 aromatic carbocycles. The number of benzene rings is 2. The van der Waals surface area contributed by atoms with Gasteiger partial charge in [0.05, 0.1) is 5.69 Å². The van der Waals surface area contributed by atoms with Gasteiger partial charge in [-0.05, 0) is 50.1 Å². The highest BCUT2D eigenvalue weighted by molar-refractivity contribution is 6.03. The summed E-state index contributed by atoms with van der Waals surface area (Å²) in [5.41, 5.74) is -2.89. The third-order valence-corrected chi connectivity index (χ3v) is 4.99. The third kappa shape index (κ3) is 5.96. The second-order valence-electron chi connectivity index (χ2n) is 7.67. The van der Waals surface area contributed by atoms with Crippen LogP contribution >= 0.6 is 0 Å². The minimum absolute atomic E-state index is 0.0178. The molecule has 0 fully saturated rings. The number of likely N-dealkylation sites (N-methyl/N-ethyl adjacent to an activating group) is 1. The molecule has 3 aromatic rings. The van der Waals surface area contributed by atoms with Gasteiger partial charge in [0.15, 0.2) is 0 Å². The Morgan fingerprint density at radius 1 is 1.23 bits per heavy atom. The highest BCUT2D eigenvalue weighted by Gasteiger charge is 2.31. The van der Waals surface area contributed by atoms with Crippen molar-refractivity contribution in [3.8, 4) is 29.1 Å². The van der Waals surface area contributed by atoms with E-state index < -0.39 is 37.2 Å². The predicted octanol–water partition coefficient (Wildman–Crippen LogP) is 3.15. The van der Waals surface area contributed by atoms with Gasteiger partial charge in [0.1, 0.15) is 41.2 Å². The molecular weight excluding hydrogens is 446 g/mol. The van der Waals surface area contributed by atoms with Gasteiger partial charge in [0.25, 0.3) is 11.8 Å². The zero-order chi connectivity index (χ0) is 30.0. The molecule has 0 saturated heterocycles. The second kappa shape index (κ2) is 9.87. The van der Waals surface area contributed by atoms with Crippen LogP contribution in [-0.4, -0.2) is 47.2 Å². The summed E-state index contributed by atoms with van der Waals surface area (Å²) in [6.07, 6.45) is 1.41. The highest BCUT2D eigenvalue weighted by Crippen LogP contribution is 2.31. The Morgan fingerprint density at radius 3 is 2.80 bits per heavy atom. The van der Waals surface area contributed by atoms with Crippen LogP contribution in [-0.2, 0) is 4.79 Å². The van der Waals surface area contributed by atoms with Crippen molar-refractivity contribution in [2.75, 3.05) is 18.6 Å². The van der Waals surface area contributed by atoms with Crippen LogP contribution in [0, 0.1) is 11.8 Å². The lowest BCUT2D eigenvalue weighted by atomic mass is 10.1. The number of hydrogen-bond acceptors (Lipinski definition) is 6. The Labute approximate surface area is 211 Å². The average molecular weight is 478 g/mol. The van der Waals surface area contributed by atoms with Crippen LogP contribution in [0.2, 0.25) is 0 Å². The Hall–Kier alpha value is -4.35. The first-order valence-electron chi connectivity index (χ1n) is 13.5. The van der Waals surface area contributed by atoms with E-state index in [0.717, 1.165) is 0 Å². The first-order chi connectivity index (χ1) is 19.2. The number of para-hydroxylation sites is 1. The fourth-order valence-corrected chi connectivity index (χ4v) is 3.30. The summed E-state index contributed by atoms with van der Waals surface area (Å²) in [6.45, 7) is -6.81. The number of carbonyl (C=O) groups excluding carboxylic acids is 2. The van der Waals surface area contributed by atoms with Crippen LogP contribution in [0.5, 0.6) is 17.2 Å². The van der Waals surface area contributed by atoms with Gasteiger partial charge in [-0.3, -0.25) is 14.6 Å². The SMILES string of the molecule is [2H]C([2H])([2H])C(O)(C#Cc1ccc2c(c1)N(C)C(=O)[C@@H](NC(=O)c1cc(Oc3ccccc3)ccn1)CO2)C([2H])([2H])[2H]. The van der Waals surface area contributed by atoms with Crippen LogP contribution in [0.4, 0.5) is 5.69 Å². The molecular formula is C27H25N3O5. The van der Waals surface area contributed by atoms with Crippen LogP contribution in [0.3, 0.4) is 0 Å². The number of hydrogen-bond donors (Lipinski definition) is 2. The quantitative estimate of drug-likeness (QED) is 0.560. The maximum Gasteiger partial charge on any atom is 0.270 e.